The fourth-order valence-electron chi connectivity index (χ4n) is 1.13. The third-order valence-electron chi connectivity index (χ3n) is 1.86. The Morgan fingerprint density at radius 1 is 1.07 bits per heavy atom. The Morgan fingerprint density at radius 2 is 1.80 bits per heavy atom. The van der Waals surface area contributed by atoms with E-state index in [0.29, 0.717) is 0 Å². The van der Waals surface area contributed by atoms with Crippen LogP contribution in [0.4, 0.5) is 0 Å². The molecule has 0 aliphatic rings. The van der Waals surface area contributed by atoms with Gasteiger partial charge in [0.15, 0.2) is 0 Å². The molecule has 2 nitrogen and oxygen atoms in total. The fourth-order valence-corrected chi connectivity index (χ4v) is 1.49. The minimum atomic E-state index is 0.726. The summed E-state index contributed by atoms with van der Waals surface area (Å²) < 4.78 is 12.1. The lowest BCUT2D eigenvalue weighted by Gasteiger charge is -2.06. The minimum Gasteiger partial charge on any atom is -0.494 e. The topological polar surface area (TPSA) is 18.5 Å². The number of rotatable bonds is 7. The second kappa shape index (κ2) is 7.93. The molecule has 84 valence electrons. The Bertz CT molecular complexity index is 259. The van der Waals surface area contributed by atoms with Crippen LogP contribution in [-0.2, 0) is 4.74 Å². The Morgan fingerprint density at radius 3 is 2.47 bits per heavy atom. The average molecular weight is 320 g/mol. The smallest absolute Gasteiger partial charge is 0.119 e. The molecule has 0 aliphatic heterocycles. The van der Waals surface area contributed by atoms with E-state index in [9.17, 15) is 0 Å². The second-order valence-corrected chi connectivity index (χ2v) is 4.51. The molecule has 3 heteroatoms. The molecule has 0 atom stereocenters. The molecule has 0 fully saturated rings. The zero-order valence-electron chi connectivity index (χ0n) is 9.04. The molecule has 1 aromatic carbocycles. The Labute approximate surface area is 105 Å². The lowest BCUT2D eigenvalue weighted by atomic mass is 10.3. The van der Waals surface area contributed by atoms with Crippen molar-refractivity contribution in [3.63, 3.8) is 0 Å². The van der Waals surface area contributed by atoms with Gasteiger partial charge in [-0.1, -0.05) is 6.92 Å². The van der Waals surface area contributed by atoms with Gasteiger partial charge in [-0.2, -0.15) is 0 Å². The molecule has 0 unspecified atom stereocenters. The van der Waals surface area contributed by atoms with Crippen molar-refractivity contribution in [2.45, 2.75) is 19.8 Å². The highest BCUT2D eigenvalue weighted by Crippen LogP contribution is 2.13. The molecule has 0 heterocycles. The van der Waals surface area contributed by atoms with E-state index in [4.69, 9.17) is 9.47 Å². The Hall–Kier alpha value is -0.290. The van der Waals surface area contributed by atoms with Gasteiger partial charge in [0.1, 0.15) is 5.75 Å². The maximum atomic E-state index is 5.56. The van der Waals surface area contributed by atoms with Crippen molar-refractivity contribution < 1.29 is 9.47 Å². The first-order valence-corrected chi connectivity index (χ1v) is 6.37. The SMILES string of the molecule is CCCOCCCOc1ccc(I)cc1. The van der Waals surface area contributed by atoms with Crippen molar-refractivity contribution >= 4 is 22.6 Å². The van der Waals surface area contributed by atoms with Crippen molar-refractivity contribution in [3.05, 3.63) is 27.8 Å². The molecule has 0 saturated heterocycles. The van der Waals surface area contributed by atoms with Crippen LogP contribution in [0.15, 0.2) is 24.3 Å². The molecule has 0 amide bonds. The third-order valence-corrected chi connectivity index (χ3v) is 2.58. The van der Waals surface area contributed by atoms with Gasteiger partial charge in [0.25, 0.3) is 0 Å². The maximum absolute atomic E-state index is 5.56. The predicted molar refractivity (Wildman–Crippen MR) is 70.4 cm³/mol. The van der Waals surface area contributed by atoms with E-state index >= 15 is 0 Å². The third kappa shape index (κ3) is 5.99. The molecule has 1 aromatic rings. The van der Waals surface area contributed by atoms with Crippen molar-refractivity contribution in [1.29, 1.82) is 0 Å². The molecule has 0 aliphatic carbocycles. The van der Waals surface area contributed by atoms with E-state index in [0.717, 1.165) is 38.4 Å². The monoisotopic (exact) mass is 320 g/mol. The predicted octanol–water partition coefficient (Wildman–Crippen LogP) is 3.49. The highest BCUT2D eigenvalue weighted by atomic mass is 127. The van der Waals surface area contributed by atoms with Gasteiger partial charge in [0.2, 0.25) is 0 Å². The van der Waals surface area contributed by atoms with Gasteiger partial charge >= 0.3 is 0 Å². The van der Waals surface area contributed by atoms with Gasteiger partial charge in [-0.3, -0.25) is 0 Å². The van der Waals surface area contributed by atoms with Gasteiger partial charge in [0, 0.05) is 23.2 Å². The molecular formula is C12H17IO2. The number of hydrogen-bond donors (Lipinski definition) is 0. The normalized spacial score (nSPS) is 10.3. The molecule has 0 radical (unpaired) electrons. The second-order valence-electron chi connectivity index (χ2n) is 3.27. The standard InChI is InChI=1S/C12H17IO2/c1-2-8-14-9-3-10-15-12-6-4-11(13)5-7-12/h4-7H,2-3,8-10H2,1H3. The van der Waals surface area contributed by atoms with E-state index in [1.807, 2.05) is 24.3 Å². The molecule has 1 rings (SSSR count). The van der Waals surface area contributed by atoms with Crippen molar-refractivity contribution in [2.75, 3.05) is 19.8 Å². The van der Waals surface area contributed by atoms with E-state index in [1.54, 1.807) is 0 Å². The largest absolute Gasteiger partial charge is 0.494 e. The Kier molecular flexibility index (Phi) is 6.76. The number of benzene rings is 1. The molecule has 15 heavy (non-hydrogen) atoms. The first kappa shape index (κ1) is 12.8. The number of halogens is 1. The summed E-state index contributed by atoms with van der Waals surface area (Å²) in [7, 11) is 0. The molecule has 0 aromatic heterocycles. The van der Waals surface area contributed by atoms with E-state index in [-0.39, 0.29) is 0 Å². The van der Waals surface area contributed by atoms with E-state index in [2.05, 4.69) is 29.5 Å². The van der Waals surface area contributed by atoms with Crippen molar-refractivity contribution in [3.8, 4) is 5.75 Å². The fraction of sp³-hybridized carbons (Fsp3) is 0.500. The van der Waals surface area contributed by atoms with Crippen LogP contribution in [0, 0.1) is 3.57 Å². The van der Waals surface area contributed by atoms with Gasteiger partial charge in [-0.15, -0.1) is 0 Å². The number of hydrogen-bond acceptors (Lipinski definition) is 2. The first-order valence-electron chi connectivity index (χ1n) is 5.29. The van der Waals surface area contributed by atoms with Gasteiger partial charge < -0.3 is 9.47 Å². The lowest BCUT2D eigenvalue weighted by Crippen LogP contribution is -2.03. The first-order chi connectivity index (χ1) is 7.33. The average Bonchev–Trinajstić information content (AvgIpc) is 2.26. The summed E-state index contributed by atoms with van der Waals surface area (Å²) in [6.07, 6.45) is 2.03. The van der Waals surface area contributed by atoms with Crippen LogP contribution in [0.25, 0.3) is 0 Å². The number of ether oxygens (including phenoxy) is 2. The highest BCUT2D eigenvalue weighted by molar-refractivity contribution is 14.1. The van der Waals surface area contributed by atoms with Gasteiger partial charge in [-0.25, -0.2) is 0 Å². The van der Waals surface area contributed by atoms with Crippen molar-refractivity contribution in [1.82, 2.24) is 0 Å². The molecular weight excluding hydrogens is 303 g/mol. The quantitative estimate of drug-likeness (QED) is 0.566. The Balaban J connectivity index is 2.07. The van der Waals surface area contributed by atoms with Crippen LogP contribution in [0.2, 0.25) is 0 Å². The maximum Gasteiger partial charge on any atom is 0.119 e. The van der Waals surface area contributed by atoms with Crippen LogP contribution in [0.3, 0.4) is 0 Å². The van der Waals surface area contributed by atoms with Gasteiger partial charge in [-0.05, 0) is 53.3 Å². The summed E-state index contributed by atoms with van der Waals surface area (Å²) in [4.78, 5) is 0. The highest BCUT2D eigenvalue weighted by Gasteiger charge is 1.93. The minimum absolute atomic E-state index is 0.726. The van der Waals surface area contributed by atoms with Crippen LogP contribution in [-0.4, -0.2) is 19.8 Å². The summed E-state index contributed by atoms with van der Waals surface area (Å²) in [5.41, 5.74) is 0. The molecule has 0 saturated carbocycles. The van der Waals surface area contributed by atoms with Crippen molar-refractivity contribution in [2.24, 2.45) is 0 Å². The molecule has 0 spiro atoms. The summed E-state index contributed by atoms with van der Waals surface area (Å²) in [6.45, 7) is 4.48. The zero-order valence-corrected chi connectivity index (χ0v) is 11.2. The van der Waals surface area contributed by atoms with Crippen LogP contribution >= 0.6 is 22.6 Å². The van der Waals surface area contributed by atoms with E-state index < -0.39 is 0 Å². The van der Waals surface area contributed by atoms with Crippen LogP contribution in [0.5, 0.6) is 5.75 Å². The van der Waals surface area contributed by atoms with Crippen LogP contribution in [0.1, 0.15) is 19.8 Å². The van der Waals surface area contributed by atoms with Gasteiger partial charge in [0.05, 0.1) is 6.61 Å². The zero-order chi connectivity index (χ0) is 10.9. The molecule has 0 N–H and O–H groups in total. The summed E-state index contributed by atoms with van der Waals surface area (Å²) in [5.74, 6) is 0.936. The lowest BCUT2D eigenvalue weighted by molar-refractivity contribution is 0.120. The molecule has 0 bridgehead atoms. The van der Waals surface area contributed by atoms with E-state index in [1.165, 1.54) is 3.57 Å². The van der Waals surface area contributed by atoms with Crippen LogP contribution < -0.4 is 4.74 Å². The summed E-state index contributed by atoms with van der Waals surface area (Å²) in [5, 5.41) is 0. The summed E-state index contributed by atoms with van der Waals surface area (Å²) in [6, 6.07) is 8.08. The summed E-state index contributed by atoms with van der Waals surface area (Å²) >= 11 is 2.28.